The minimum Gasteiger partial charge on any atom is -0.408 e. The SMILES string of the molecule is CCCO[C@@H]1CCCN(C(=O)Nc2ccc3c(c2)oc(=O)n3C)C1. The molecule has 2 aromatic rings. The van der Waals surface area contributed by atoms with Gasteiger partial charge < -0.3 is 19.4 Å². The average molecular weight is 333 g/mol. The number of hydrogen-bond donors (Lipinski definition) is 1. The van der Waals surface area contributed by atoms with Crippen LogP contribution < -0.4 is 11.1 Å². The summed E-state index contributed by atoms with van der Waals surface area (Å²) in [5, 5.41) is 2.87. The zero-order chi connectivity index (χ0) is 17.1. The fraction of sp³-hybridized carbons (Fsp3) is 0.529. The lowest BCUT2D eigenvalue weighted by molar-refractivity contribution is 0.0115. The van der Waals surface area contributed by atoms with E-state index in [4.69, 9.17) is 9.15 Å². The quantitative estimate of drug-likeness (QED) is 0.933. The molecule has 0 aliphatic carbocycles. The zero-order valence-electron chi connectivity index (χ0n) is 14.1. The second-order valence-electron chi connectivity index (χ2n) is 6.12. The van der Waals surface area contributed by atoms with Crippen molar-refractivity contribution in [3.8, 4) is 0 Å². The summed E-state index contributed by atoms with van der Waals surface area (Å²) in [6.07, 6.45) is 3.02. The van der Waals surface area contributed by atoms with Crippen LogP contribution in [0.3, 0.4) is 0 Å². The van der Waals surface area contributed by atoms with Gasteiger partial charge in [0.1, 0.15) is 0 Å². The van der Waals surface area contributed by atoms with E-state index in [1.54, 1.807) is 30.1 Å². The van der Waals surface area contributed by atoms with E-state index in [0.717, 1.165) is 32.4 Å². The van der Waals surface area contributed by atoms with Crippen molar-refractivity contribution in [2.24, 2.45) is 7.05 Å². The first-order valence-corrected chi connectivity index (χ1v) is 8.35. The number of nitrogens with one attached hydrogen (secondary N) is 1. The number of urea groups is 1. The van der Waals surface area contributed by atoms with Crippen LogP contribution in [0.2, 0.25) is 0 Å². The molecule has 7 nitrogen and oxygen atoms in total. The number of benzene rings is 1. The summed E-state index contributed by atoms with van der Waals surface area (Å²) >= 11 is 0. The van der Waals surface area contributed by atoms with Gasteiger partial charge in [0, 0.05) is 38.5 Å². The third kappa shape index (κ3) is 3.46. The molecule has 3 rings (SSSR count). The summed E-state index contributed by atoms with van der Waals surface area (Å²) in [5.41, 5.74) is 1.77. The number of fused-ring (bicyclic) bond motifs is 1. The number of ether oxygens (including phenoxy) is 1. The monoisotopic (exact) mass is 333 g/mol. The third-order valence-corrected chi connectivity index (χ3v) is 4.27. The molecule has 0 unspecified atom stereocenters. The molecule has 1 N–H and O–H groups in total. The topological polar surface area (TPSA) is 76.7 Å². The number of anilines is 1. The van der Waals surface area contributed by atoms with E-state index in [1.165, 1.54) is 4.57 Å². The Kier molecular flexibility index (Phi) is 4.89. The molecule has 1 saturated heterocycles. The summed E-state index contributed by atoms with van der Waals surface area (Å²) in [6, 6.07) is 5.05. The Hall–Kier alpha value is -2.28. The van der Waals surface area contributed by atoms with Gasteiger partial charge in [-0.15, -0.1) is 0 Å². The Bertz CT molecular complexity index is 780. The van der Waals surface area contributed by atoms with E-state index >= 15 is 0 Å². The summed E-state index contributed by atoms with van der Waals surface area (Å²) in [4.78, 5) is 25.8. The minimum absolute atomic E-state index is 0.110. The predicted molar refractivity (Wildman–Crippen MR) is 91.3 cm³/mol. The predicted octanol–water partition coefficient (Wildman–Crippen LogP) is 2.55. The van der Waals surface area contributed by atoms with E-state index in [-0.39, 0.29) is 12.1 Å². The highest BCUT2D eigenvalue weighted by atomic mass is 16.5. The van der Waals surface area contributed by atoms with Gasteiger partial charge in [0.25, 0.3) is 0 Å². The summed E-state index contributed by atoms with van der Waals surface area (Å²) in [6.45, 7) is 4.13. The molecular weight excluding hydrogens is 310 g/mol. The average Bonchev–Trinajstić information content (AvgIpc) is 2.87. The van der Waals surface area contributed by atoms with Gasteiger partial charge in [0.05, 0.1) is 11.6 Å². The van der Waals surface area contributed by atoms with Crippen LogP contribution in [0, 0.1) is 0 Å². The number of oxazole rings is 1. The first-order valence-electron chi connectivity index (χ1n) is 8.35. The van der Waals surface area contributed by atoms with Crippen molar-refractivity contribution in [3.05, 3.63) is 28.7 Å². The summed E-state index contributed by atoms with van der Waals surface area (Å²) in [5.74, 6) is -0.416. The number of piperidine rings is 1. The highest BCUT2D eigenvalue weighted by Gasteiger charge is 2.24. The molecule has 1 aliphatic rings. The van der Waals surface area contributed by atoms with Crippen LogP contribution >= 0.6 is 0 Å². The van der Waals surface area contributed by atoms with Crippen molar-refractivity contribution >= 4 is 22.8 Å². The van der Waals surface area contributed by atoms with Crippen molar-refractivity contribution in [2.75, 3.05) is 25.0 Å². The maximum absolute atomic E-state index is 12.5. The molecule has 0 spiro atoms. The number of carbonyl (C=O) groups excluding carboxylic acids is 1. The van der Waals surface area contributed by atoms with E-state index in [1.807, 2.05) is 0 Å². The molecule has 0 saturated carbocycles. The maximum Gasteiger partial charge on any atom is 0.419 e. The Balaban J connectivity index is 1.66. The highest BCUT2D eigenvalue weighted by molar-refractivity contribution is 5.91. The first kappa shape index (κ1) is 16.6. The van der Waals surface area contributed by atoms with Gasteiger partial charge in [-0.2, -0.15) is 0 Å². The van der Waals surface area contributed by atoms with Crippen LogP contribution in [0.4, 0.5) is 10.5 Å². The van der Waals surface area contributed by atoms with Gasteiger partial charge in [-0.3, -0.25) is 4.57 Å². The van der Waals surface area contributed by atoms with Crippen LogP contribution in [0.5, 0.6) is 0 Å². The fourth-order valence-electron chi connectivity index (χ4n) is 2.96. The van der Waals surface area contributed by atoms with Gasteiger partial charge in [0.2, 0.25) is 0 Å². The first-order chi connectivity index (χ1) is 11.6. The summed E-state index contributed by atoms with van der Waals surface area (Å²) in [7, 11) is 1.65. The van der Waals surface area contributed by atoms with Crippen LogP contribution in [-0.4, -0.2) is 41.3 Å². The molecule has 0 radical (unpaired) electrons. The van der Waals surface area contributed by atoms with E-state index < -0.39 is 5.76 Å². The molecule has 1 atom stereocenters. The Morgan fingerprint density at radius 2 is 2.29 bits per heavy atom. The van der Waals surface area contributed by atoms with Crippen LogP contribution in [0.25, 0.3) is 11.1 Å². The number of aromatic nitrogens is 1. The van der Waals surface area contributed by atoms with Gasteiger partial charge in [0.15, 0.2) is 5.58 Å². The molecular formula is C17H23N3O4. The Labute approximate surface area is 140 Å². The molecule has 1 aliphatic heterocycles. The minimum atomic E-state index is -0.416. The molecule has 2 amide bonds. The van der Waals surface area contributed by atoms with Crippen molar-refractivity contribution in [3.63, 3.8) is 0 Å². The molecule has 7 heteroatoms. The molecule has 2 heterocycles. The van der Waals surface area contributed by atoms with E-state index in [2.05, 4.69) is 12.2 Å². The van der Waals surface area contributed by atoms with Gasteiger partial charge >= 0.3 is 11.8 Å². The lowest BCUT2D eigenvalue weighted by Crippen LogP contribution is -2.45. The van der Waals surface area contributed by atoms with Gasteiger partial charge in [-0.25, -0.2) is 9.59 Å². The third-order valence-electron chi connectivity index (χ3n) is 4.27. The molecule has 1 aromatic carbocycles. The zero-order valence-corrected chi connectivity index (χ0v) is 14.1. The number of aryl methyl sites for hydroxylation is 1. The number of likely N-dealkylation sites (tertiary alicyclic amines) is 1. The largest absolute Gasteiger partial charge is 0.419 e. The summed E-state index contributed by atoms with van der Waals surface area (Å²) < 4.78 is 12.3. The van der Waals surface area contributed by atoms with E-state index in [0.29, 0.717) is 23.3 Å². The standard InChI is InChI=1S/C17H23N3O4/c1-3-9-23-13-5-4-8-20(11-13)16(21)18-12-6-7-14-15(10-12)24-17(22)19(14)2/h6-7,10,13H,3-5,8-9,11H2,1-2H3,(H,18,21)/t13-/m1/s1. The Morgan fingerprint density at radius 1 is 1.46 bits per heavy atom. The number of carbonyl (C=O) groups is 1. The molecule has 0 bridgehead atoms. The molecule has 1 aromatic heterocycles. The normalized spacial score (nSPS) is 18.1. The van der Waals surface area contributed by atoms with Gasteiger partial charge in [-0.1, -0.05) is 6.92 Å². The van der Waals surface area contributed by atoms with Crippen LogP contribution in [0.15, 0.2) is 27.4 Å². The highest BCUT2D eigenvalue weighted by Crippen LogP contribution is 2.19. The van der Waals surface area contributed by atoms with Crippen LogP contribution in [0.1, 0.15) is 26.2 Å². The van der Waals surface area contributed by atoms with Crippen molar-refractivity contribution < 1.29 is 13.9 Å². The molecule has 1 fully saturated rings. The van der Waals surface area contributed by atoms with E-state index in [9.17, 15) is 9.59 Å². The van der Waals surface area contributed by atoms with Crippen molar-refractivity contribution in [2.45, 2.75) is 32.3 Å². The number of rotatable bonds is 4. The Morgan fingerprint density at radius 3 is 3.08 bits per heavy atom. The second-order valence-corrected chi connectivity index (χ2v) is 6.12. The maximum atomic E-state index is 12.5. The number of nitrogens with zero attached hydrogens (tertiary/aromatic N) is 2. The number of hydrogen-bond acceptors (Lipinski definition) is 4. The second kappa shape index (κ2) is 7.09. The molecule has 130 valence electrons. The lowest BCUT2D eigenvalue weighted by Gasteiger charge is -2.32. The van der Waals surface area contributed by atoms with Crippen molar-refractivity contribution in [1.29, 1.82) is 0 Å². The van der Waals surface area contributed by atoms with Crippen LogP contribution in [-0.2, 0) is 11.8 Å². The smallest absolute Gasteiger partial charge is 0.408 e. The number of amides is 2. The van der Waals surface area contributed by atoms with Crippen molar-refractivity contribution in [1.82, 2.24) is 9.47 Å². The molecule has 24 heavy (non-hydrogen) atoms. The lowest BCUT2D eigenvalue weighted by atomic mass is 10.1. The van der Waals surface area contributed by atoms with Gasteiger partial charge in [-0.05, 0) is 31.4 Å². The fourth-order valence-corrected chi connectivity index (χ4v) is 2.96.